The van der Waals surface area contributed by atoms with Crippen molar-refractivity contribution in [3.63, 3.8) is 0 Å². The van der Waals surface area contributed by atoms with Crippen LogP contribution < -0.4 is 9.62 Å². The van der Waals surface area contributed by atoms with Crippen molar-refractivity contribution in [2.24, 2.45) is 0 Å². The fourth-order valence-corrected chi connectivity index (χ4v) is 5.35. The molecule has 0 radical (unpaired) electrons. The van der Waals surface area contributed by atoms with Gasteiger partial charge in [-0.25, -0.2) is 8.42 Å². The van der Waals surface area contributed by atoms with Crippen LogP contribution in [0.1, 0.15) is 42.9 Å². The van der Waals surface area contributed by atoms with E-state index in [4.69, 9.17) is 0 Å². The number of piperidine rings is 1. The van der Waals surface area contributed by atoms with Gasteiger partial charge in [0.15, 0.2) is 0 Å². The van der Waals surface area contributed by atoms with Crippen molar-refractivity contribution in [2.75, 3.05) is 23.7 Å². The fraction of sp³-hybridized carbons (Fsp3) is 0.458. The lowest BCUT2D eigenvalue weighted by atomic mass is 10.1. The topological polar surface area (TPSA) is 69.7 Å². The predicted molar refractivity (Wildman–Crippen MR) is 126 cm³/mol. The zero-order valence-electron chi connectivity index (χ0n) is 19.3. The first-order chi connectivity index (χ1) is 15.9. The van der Waals surface area contributed by atoms with Gasteiger partial charge in [-0.3, -0.25) is 14.0 Å². The average molecular weight is 498 g/mol. The second-order valence-electron chi connectivity index (χ2n) is 8.66. The smallest absolute Gasteiger partial charge is 0.350 e. The molecule has 10 heteroatoms. The summed E-state index contributed by atoms with van der Waals surface area (Å²) in [6, 6.07) is 10.5. The Labute approximate surface area is 198 Å². The summed E-state index contributed by atoms with van der Waals surface area (Å²) >= 11 is 0. The molecule has 1 aliphatic heterocycles. The second kappa shape index (κ2) is 10.8. The van der Waals surface area contributed by atoms with Crippen LogP contribution in [0, 0.1) is 0 Å². The standard InChI is InChI=1S/C24H30F3N3O3S/c1-18(30(34(2,32)33)22-11-7-10-21(15-22)24(25,26)27)23(31)28-16-19-8-6-9-20(14-19)17-29-12-4-3-5-13-29/h6-11,14-15,18H,3-5,12-13,16-17H2,1-2H3,(H,28,31). The van der Waals surface area contributed by atoms with Crippen LogP contribution in [0.15, 0.2) is 48.5 Å². The molecule has 1 unspecified atom stereocenters. The maximum Gasteiger partial charge on any atom is 0.416 e. The van der Waals surface area contributed by atoms with E-state index in [-0.39, 0.29) is 12.2 Å². The van der Waals surface area contributed by atoms with Crippen molar-refractivity contribution in [1.29, 1.82) is 0 Å². The minimum atomic E-state index is -4.64. The van der Waals surface area contributed by atoms with Gasteiger partial charge in [-0.15, -0.1) is 0 Å². The summed E-state index contributed by atoms with van der Waals surface area (Å²) in [6.07, 6.45) is -0.135. The summed E-state index contributed by atoms with van der Waals surface area (Å²) in [6.45, 7) is 4.49. The first-order valence-corrected chi connectivity index (χ1v) is 13.0. The van der Waals surface area contributed by atoms with Crippen LogP contribution in [-0.4, -0.2) is 44.6 Å². The normalized spacial score (nSPS) is 16.1. The van der Waals surface area contributed by atoms with Gasteiger partial charge in [-0.1, -0.05) is 36.8 Å². The van der Waals surface area contributed by atoms with Gasteiger partial charge in [0.25, 0.3) is 0 Å². The third-order valence-electron chi connectivity index (χ3n) is 5.83. The van der Waals surface area contributed by atoms with Crippen molar-refractivity contribution < 1.29 is 26.4 Å². The highest BCUT2D eigenvalue weighted by atomic mass is 32.2. The van der Waals surface area contributed by atoms with E-state index in [1.165, 1.54) is 32.3 Å². The first kappa shape index (κ1) is 26.0. The maximum atomic E-state index is 13.1. The van der Waals surface area contributed by atoms with E-state index in [2.05, 4.69) is 10.2 Å². The van der Waals surface area contributed by atoms with Gasteiger partial charge >= 0.3 is 6.18 Å². The molecule has 1 fully saturated rings. The SMILES string of the molecule is CC(C(=O)NCc1cccc(CN2CCCCC2)c1)N(c1cccc(C(F)(F)F)c1)S(C)(=O)=O. The Bertz CT molecular complexity index is 1100. The number of sulfonamides is 1. The highest BCUT2D eigenvalue weighted by molar-refractivity contribution is 7.92. The lowest BCUT2D eigenvalue weighted by Crippen LogP contribution is -2.47. The molecule has 1 aliphatic rings. The molecule has 6 nitrogen and oxygen atoms in total. The molecule has 2 aromatic rings. The van der Waals surface area contributed by atoms with Crippen molar-refractivity contribution in [3.8, 4) is 0 Å². The Morgan fingerprint density at radius 3 is 2.35 bits per heavy atom. The van der Waals surface area contributed by atoms with E-state index in [0.717, 1.165) is 55.2 Å². The van der Waals surface area contributed by atoms with Crippen LogP contribution in [0.3, 0.4) is 0 Å². The number of carbonyl (C=O) groups is 1. The molecule has 0 aliphatic carbocycles. The van der Waals surface area contributed by atoms with E-state index >= 15 is 0 Å². The van der Waals surface area contributed by atoms with Crippen LogP contribution in [0.2, 0.25) is 0 Å². The Hall–Kier alpha value is -2.59. The first-order valence-electron chi connectivity index (χ1n) is 11.2. The van der Waals surface area contributed by atoms with Crippen LogP contribution >= 0.6 is 0 Å². The zero-order valence-corrected chi connectivity index (χ0v) is 20.1. The van der Waals surface area contributed by atoms with E-state index in [1.54, 1.807) is 0 Å². The van der Waals surface area contributed by atoms with Gasteiger partial charge in [0.2, 0.25) is 15.9 Å². The summed E-state index contributed by atoms with van der Waals surface area (Å²) < 4.78 is 64.9. The van der Waals surface area contributed by atoms with E-state index < -0.39 is 33.7 Å². The number of nitrogens with one attached hydrogen (secondary N) is 1. The van der Waals surface area contributed by atoms with Crippen LogP contribution in [-0.2, 0) is 34.1 Å². The van der Waals surface area contributed by atoms with Crippen molar-refractivity contribution in [3.05, 3.63) is 65.2 Å². The minimum Gasteiger partial charge on any atom is -0.350 e. The average Bonchev–Trinajstić information content (AvgIpc) is 2.77. The summed E-state index contributed by atoms with van der Waals surface area (Å²) in [5, 5.41) is 2.72. The number of amides is 1. The number of nitrogens with zero attached hydrogens (tertiary/aromatic N) is 2. The molecule has 0 bridgehead atoms. The summed E-state index contributed by atoms with van der Waals surface area (Å²) in [4.78, 5) is 15.2. The number of alkyl halides is 3. The fourth-order valence-electron chi connectivity index (χ4n) is 4.18. The number of hydrogen-bond acceptors (Lipinski definition) is 4. The van der Waals surface area contributed by atoms with Crippen LogP contribution in [0.25, 0.3) is 0 Å². The molecule has 34 heavy (non-hydrogen) atoms. The summed E-state index contributed by atoms with van der Waals surface area (Å²) in [5.74, 6) is -0.607. The summed E-state index contributed by atoms with van der Waals surface area (Å²) in [7, 11) is -4.03. The van der Waals surface area contributed by atoms with Gasteiger partial charge in [-0.2, -0.15) is 13.2 Å². The molecule has 0 saturated carbocycles. The van der Waals surface area contributed by atoms with Crippen LogP contribution in [0.5, 0.6) is 0 Å². The third kappa shape index (κ3) is 6.96. The number of likely N-dealkylation sites (tertiary alicyclic amines) is 1. The van der Waals surface area contributed by atoms with E-state index in [0.29, 0.717) is 4.31 Å². The van der Waals surface area contributed by atoms with E-state index in [1.807, 2.05) is 24.3 Å². The second-order valence-corrected chi connectivity index (χ2v) is 10.5. The Morgan fingerprint density at radius 1 is 1.06 bits per heavy atom. The molecule has 0 spiro atoms. The highest BCUT2D eigenvalue weighted by Gasteiger charge is 2.34. The molecule has 1 N–H and O–H groups in total. The molecule has 186 valence electrons. The molecule has 3 rings (SSSR count). The van der Waals surface area contributed by atoms with Gasteiger partial charge in [0, 0.05) is 13.1 Å². The highest BCUT2D eigenvalue weighted by Crippen LogP contribution is 2.32. The monoisotopic (exact) mass is 497 g/mol. The number of hydrogen-bond donors (Lipinski definition) is 1. The number of benzene rings is 2. The Morgan fingerprint density at radius 2 is 1.71 bits per heavy atom. The number of rotatable bonds is 8. The molecule has 2 aromatic carbocycles. The maximum absolute atomic E-state index is 13.1. The quantitative estimate of drug-likeness (QED) is 0.595. The lowest BCUT2D eigenvalue weighted by molar-refractivity contribution is -0.137. The molecular weight excluding hydrogens is 467 g/mol. The molecule has 1 saturated heterocycles. The van der Waals surface area contributed by atoms with Gasteiger partial charge in [0.05, 0.1) is 17.5 Å². The number of carbonyl (C=O) groups excluding carboxylic acids is 1. The number of anilines is 1. The van der Waals surface area contributed by atoms with Gasteiger partial charge in [0.1, 0.15) is 6.04 Å². The molecule has 1 atom stereocenters. The van der Waals surface area contributed by atoms with E-state index in [9.17, 15) is 26.4 Å². The molecule has 0 aromatic heterocycles. The lowest BCUT2D eigenvalue weighted by Gasteiger charge is -2.29. The van der Waals surface area contributed by atoms with Crippen LogP contribution in [0.4, 0.5) is 18.9 Å². The summed E-state index contributed by atoms with van der Waals surface area (Å²) in [5.41, 5.74) is 0.781. The van der Waals surface area contributed by atoms with Crippen molar-refractivity contribution >= 4 is 21.6 Å². The zero-order chi connectivity index (χ0) is 24.9. The Kier molecular flexibility index (Phi) is 8.25. The van der Waals surface area contributed by atoms with Crippen molar-refractivity contribution in [1.82, 2.24) is 10.2 Å². The Balaban J connectivity index is 1.70. The molecular formula is C24H30F3N3O3S. The minimum absolute atomic E-state index is 0.178. The number of halogens is 3. The van der Waals surface area contributed by atoms with Gasteiger partial charge in [-0.05, 0) is 62.2 Å². The third-order valence-corrected chi connectivity index (χ3v) is 7.07. The van der Waals surface area contributed by atoms with Crippen molar-refractivity contribution in [2.45, 2.75) is 51.5 Å². The predicted octanol–water partition coefficient (Wildman–Crippen LogP) is 4.16. The molecule has 1 heterocycles. The molecule has 1 amide bonds. The largest absolute Gasteiger partial charge is 0.416 e. The van der Waals surface area contributed by atoms with Gasteiger partial charge < -0.3 is 5.32 Å².